The van der Waals surface area contributed by atoms with Crippen LogP contribution in [0.4, 0.5) is 4.79 Å². The molecule has 1 fully saturated rings. The lowest BCUT2D eigenvalue weighted by Gasteiger charge is -2.33. The van der Waals surface area contributed by atoms with Crippen molar-refractivity contribution in [1.29, 1.82) is 0 Å². The average Bonchev–Trinajstić information content (AvgIpc) is 3.51. The highest BCUT2D eigenvalue weighted by Gasteiger charge is 2.37. The SMILES string of the molecule is CCc1nn(-c2ccccc2)c2c1CN(C(=O)NC1CCCCC1)C(c1cccc(C)c1)c1cccn1-2. The lowest BCUT2D eigenvalue weighted by Crippen LogP contribution is -2.46. The van der Waals surface area contributed by atoms with Gasteiger partial charge in [-0.15, -0.1) is 0 Å². The fourth-order valence-corrected chi connectivity index (χ4v) is 6.04. The van der Waals surface area contributed by atoms with Gasteiger partial charge in [0.1, 0.15) is 5.82 Å². The van der Waals surface area contributed by atoms with Gasteiger partial charge in [-0.05, 0) is 56.0 Å². The molecule has 190 valence electrons. The van der Waals surface area contributed by atoms with Crippen molar-refractivity contribution in [3.8, 4) is 11.5 Å². The van der Waals surface area contributed by atoms with E-state index in [1.807, 2.05) is 27.8 Å². The van der Waals surface area contributed by atoms with Gasteiger partial charge in [0.15, 0.2) is 0 Å². The topological polar surface area (TPSA) is 55.1 Å². The first kappa shape index (κ1) is 23.6. The number of nitrogens with one attached hydrogen (secondary N) is 1. The summed E-state index contributed by atoms with van der Waals surface area (Å²) in [7, 11) is 0. The third kappa shape index (κ3) is 4.35. The molecule has 2 aromatic carbocycles. The van der Waals surface area contributed by atoms with Crippen LogP contribution in [0.1, 0.15) is 73.1 Å². The molecule has 1 unspecified atom stereocenters. The molecule has 2 amide bonds. The van der Waals surface area contributed by atoms with Crippen molar-refractivity contribution in [3.63, 3.8) is 0 Å². The number of hydrogen-bond acceptors (Lipinski definition) is 2. The second kappa shape index (κ2) is 9.92. The van der Waals surface area contributed by atoms with Gasteiger partial charge in [0.05, 0.1) is 29.7 Å². The Balaban J connectivity index is 1.53. The minimum Gasteiger partial charge on any atom is -0.335 e. The number of aryl methyl sites for hydroxylation is 2. The Labute approximate surface area is 218 Å². The van der Waals surface area contributed by atoms with E-state index in [2.05, 4.69) is 78.5 Å². The van der Waals surface area contributed by atoms with Crippen molar-refractivity contribution in [2.75, 3.05) is 0 Å². The summed E-state index contributed by atoms with van der Waals surface area (Å²) in [5.74, 6) is 1.02. The van der Waals surface area contributed by atoms with E-state index in [1.165, 1.54) is 24.8 Å². The van der Waals surface area contributed by atoms with E-state index in [4.69, 9.17) is 5.10 Å². The zero-order chi connectivity index (χ0) is 25.4. The van der Waals surface area contributed by atoms with Crippen LogP contribution >= 0.6 is 0 Å². The van der Waals surface area contributed by atoms with E-state index < -0.39 is 0 Å². The second-order valence-corrected chi connectivity index (χ2v) is 10.4. The highest BCUT2D eigenvalue weighted by Crippen LogP contribution is 2.39. The third-order valence-electron chi connectivity index (χ3n) is 7.86. The molecule has 37 heavy (non-hydrogen) atoms. The highest BCUT2D eigenvalue weighted by atomic mass is 16.2. The minimum absolute atomic E-state index is 0.00789. The number of urea groups is 1. The van der Waals surface area contributed by atoms with Crippen LogP contribution in [-0.2, 0) is 13.0 Å². The van der Waals surface area contributed by atoms with Crippen LogP contribution < -0.4 is 5.32 Å². The average molecular weight is 494 g/mol. The van der Waals surface area contributed by atoms with E-state index in [-0.39, 0.29) is 18.1 Å². The smallest absolute Gasteiger partial charge is 0.318 e. The number of nitrogens with zero attached hydrogens (tertiary/aromatic N) is 4. The molecule has 0 spiro atoms. The Bertz CT molecular complexity index is 1400. The molecule has 2 aliphatic rings. The standard InChI is InChI=1S/C31H35N5O/c1-3-27-26-21-35(31(37)32-24-14-6-4-7-15-24)29(23-13-10-12-22(2)20-23)28-18-11-19-34(28)30(26)36(33-27)25-16-8-5-9-17-25/h5,8-13,16-20,24,29H,3-4,6-7,14-15,21H2,1-2H3,(H,32,37). The summed E-state index contributed by atoms with van der Waals surface area (Å²) in [6.07, 6.45) is 8.65. The summed E-state index contributed by atoms with van der Waals surface area (Å²) in [4.78, 5) is 16.1. The fraction of sp³-hybridized carbons (Fsp3) is 0.355. The first-order chi connectivity index (χ1) is 18.1. The zero-order valence-electron chi connectivity index (χ0n) is 21.7. The van der Waals surface area contributed by atoms with E-state index in [0.717, 1.165) is 53.3 Å². The summed E-state index contributed by atoms with van der Waals surface area (Å²) in [5.41, 5.74) is 6.54. The van der Waals surface area contributed by atoms with Crippen LogP contribution in [0, 0.1) is 6.92 Å². The Morgan fingerprint density at radius 2 is 1.81 bits per heavy atom. The molecule has 0 radical (unpaired) electrons. The van der Waals surface area contributed by atoms with Gasteiger partial charge in [0.25, 0.3) is 0 Å². The Hall–Kier alpha value is -3.80. The number of aromatic nitrogens is 3. The first-order valence-electron chi connectivity index (χ1n) is 13.6. The molecule has 6 nitrogen and oxygen atoms in total. The van der Waals surface area contributed by atoms with E-state index in [0.29, 0.717) is 6.54 Å². The first-order valence-corrected chi connectivity index (χ1v) is 13.6. The van der Waals surface area contributed by atoms with Crippen LogP contribution in [0.5, 0.6) is 0 Å². The highest BCUT2D eigenvalue weighted by molar-refractivity contribution is 5.76. The number of amides is 2. The summed E-state index contributed by atoms with van der Waals surface area (Å²) >= 11 is 0. The molecule has 4 aromatic rings. The Kier molecular flexibility index (Phi) is 6.33. The van der Waals surface area contributed by atoms with Crippen molar-refractivity contribution >= 4 is 6.03 Å². The molecule has 0 saturated heterocycles. The lowest BCUT2D eigenvalue weighted by molar-refractivity contribution is 0.173. The summed E-state index contributed by atoms with van der Waals surface area (Å²) in [6.45, 7) is 4.76. The van der Waals surface area contributed by atoms with Crippen LogP contribution in [0.25, 0.3) is 11.5 Å². The Morgan fingerprint density at radius 1 is 1.00 bits per heavy atom. The maximum atomic E-state index is 14.1. The fourth-order valence-electron chi connectivity index (χ4n) is 6.04. The van der Waals surface area contributed by atoms with Crippen molar-refractivity contribution in [3.05, 3.63) is 101 Å². The molecule has 0 bridgehead atoms. The van der Waals surface area contributed by atoms with Gasteiger partial charge in [0.2, 0.25) is 0 Å². The number of carbonyl (C=O) groups is 1. The van der Waals surface area contributed by atoms with Gasteiger partial charge >= 0.3 is 6.03 Å². The number of carbonyl (C=O) groups excluding carboxylic acids is 1. The van der Waals surface area contributed by atoms with Crippen LogP contribution in [-0.4, -0.2) is 31.3 Å². The molecule has 1 atom stereocenters. The molecular weight excluding hydrogens is 458 g/mol. The Morgan fingerprint density at radius 3 is 2.57 bits per heavy atom. The third-order valence-corrected chi connectivity index (χ3v) is 7.86. The number of rotatable bonds is 4. The minimum atomic E-state index is -0.208. The molecule has 6 heteroatoms. The molecule has 1 N–H and O–H groups in total. The predicted molar refractivity (Wildman–Crippen MR) is 146 cm³/mol. The summed E-state index contributed by atoms with van der Waals surface area (Å²) < 4.78 is 4.29. The number of fused-ring (bicyclic) bond motifs is 3. The largest absolute Gasteiger partial charge is 0.335 e. The normalized spacial score (nSPS) is 17.7. The predicted octanol–water partition coefficient (Wildman–Crippen LogP) is 6.48. The van der Waals surface area contributed by atoms with Gasteiger partial charge in [-0.1, -0.05) is 74.2 Å². The molecule has 1 aliphatic carbocycles. The molecule has 1 aliphatic heterocycles. The van der Waals surface area contributed by atoms with Gasteiger partial charge in [-0.3, -0.25) is 0 Å². The van der Waals surface area contributed by atoms with Crippen molar-refractivity contribution in [2.24, 2.45) is 0 Å². The number of hydrogen-bond donors (Lipinski definition) is 1. The van der Waals surface area contributed by atoms with Crippen molar-refractivity contribution in [2.45, 2.75) is 71.0 Å². The van der Waals surface area contributed by atoms with Crippen molar-refractivity contribution < 1.29 is 4.79 Å². The summed E-state index contributed by atoms with van der Waals surface area (Å²) in [6, 6.07) is 23.1. The van der Waals surface area contributed by atoms with Gasteiger partial charge in [-0.25, -0.2) is 9.48 Å². The zero-order valence-corrected chi connectivity index (χ0v) is 21.7. The van der Waals surface area contributed by atoms with E-state index >= 15 is 0 Å². The summed E-state index contributed by atoms with van der Waals surface area (Å²) in [5, 5.41) is 8.47. The van der Waals surface area contributed by atoms with Gasteiger partial charge < -0.3 is 14.8 Å². The van der Waals surface area contributed by atoms with Crippen LogP contribution in [0.15, 0.2) is 72.9 Å². The van der Waals surface area contributed by atoms with E-state index in [1.54, 1.807) is 0 Å². The molecular formula is C31H35N5O. The van der Waals surface area contributed by atoms with Crippen LogP contribution in [0.2, 0.25) is 0 Å². The second-order valence-electron chi connectivity index (χ2n) is 10.4. The van der Waals surface area contributed by atoms with Crippen LogP contribution in [0.3, 0.4) is 0 Å². The van der Waals surface area contributed by atoms with E-state index in [9.17, 15) is 4.79 Å². The number of benzene rings is 2. The maximum absolute atomic E-state index is 14.1. The van der Waals surface area contributed by atoms with Gasteiger partial charge in [0, 0.05) is 17.8 Å². The van der Waals surface area contributed by atoms with Gasteiger partial charge in [-0.2, -0.15) is 5.10 Å². The lowest BCUT2D eigenvalue weighted by atomic mass is 9.95. The molecule has 6 rings (SSSR count). The van der Waals surface area contributed by atoms with Crippen molar-refractivity contribution in [1.82, 2.24) is 24.6 Å². The number of para-hydroxylation sites is 1. The molecule has 3 heterocycles. The quantitative estimate of drug-likeness (QED) is 0.354. The molecule has 1 saturated carbocycles. The maximum Gasteiger partial charge on any atom is 0.318 e. The molecule has 2 aromatic heterocycles. The monoisotopic (exact) mass is 493 g/mol.